The van der Waals surface area contributed by atoms with Crippen LogP contribution in [0.1, 0.15) is 29.8 Å². The summed E-state index contributed by atoms with van der Waals surface area (Å²) in [5, 5.41) is 7.58. The number of benzene rings is 1. The SMILES string of the molecule is CCc1nn(C)c(NC(=O)N2CCN(C)C[C@H]2c2ccccc2)c1C. The van der Waals surface area contributed by atoms with E-state index in [2.05, 4.69) is 41.4 Å². The van der Waals surface area contributed by atoms with Gasteiger partial charge in [-0.2, -0.15) is 5.10 Å². The molecule has 3 rings (SSSR count). The van der Waals surface area contributed by atoms with Crippen LogP contribution < -0.4 is 5.32 Å². The number of piperazine rings is 1. The molecule has 1 aliphatic heterocycles. The number of amides is 2. The predicted octanol–water partition coefficient (Wildman–Crippen LogP) is 2.81. The van der Waals surface area contributed by atoms with Crippen molar-refractivity contribution < 1.29 is 4.79 Å². The fraction of sp³-hybridized carbons (Fsp3) is 0.474. The fourth-order valence-electron chi connectivity index (χ4n) is 3.49. The lowest BCUT2D eigenvalue weighted by Crippen LogP contribution is -2.50. The van der Waals surface area contributed by atoms with E-state index < -0.39 is 0 Å². The number of nitrogens with zero attached hydrogens (tertiary/aromatic N) is 4. The van der Waals surface area contributed by atoms with E-state index in [1.165, 1.54) is 5.56 Å². The second-order valence-electron chi connectivity index (χ2n) is 6.71. The molecule has 1 aliphatic rings. The minimum Gasteiger partial charge on any atom is -0.315 e. The minimum absolute atomic E-state index is 0.0547. The lowest BCUT2D eigenvalue weighted by molar-refractivity contribution is 0.116. The van der Waals surface area contributed by atoms with E-state index in [-0.39, 0.29) is 12.1 Å². The summed E-state index contributed by atoms with van der Waals surface area (Å²) in [7, 11) is 3.98. The van der Waals surface area contributed by atoms with Crippen molar-refractivity contribution in [3.63, 3.8) is 0 Å². The molecule has 1 saturated heterocycles. The molecule has 0 spiro atoms. The van der Waals surface area contributed by atoms with E-state index in [4.69, 9.17) is 0 Å². The van der Waals surface area contributed by atoms with Crippen LogP contribution in [-0.4, -0.2) is 52.3 Å². The lowest BCUT2D eigenvalue weighted by atomic mass is 10.0. The smallest absolute Gasteiger partial charge is 0.315 e. The van der Waals surface area contributed by atoms with Crippen molar-refractivity contribution in [3.05, 3.63) is 47.2 Å². The van der Waals surface area contributed by atoms with Gasteiger partial charge in [0.1, 0.15) is 5.82 Å². The Labute approximate surface area is 149 Å². The third kappa shape index (κ3) is 3.54. The van der Waals surface area contributed by atoms with Gasteiger partial charge in [0.15, 0.2) is 0 Å². The van der Waals surface area contributed by atoms with E-state index in [9.17, 15) is 4.79 Å². The van der Waals surface area contributed by atoms with Gasteiger partial charge < -0.3 is 9.80 Å². The number of carbonyl (C=O) groups excluding carboxylic acids is 1. The summed E-state index contributed by atoms with van der Waals surface area (Å²) >= 11 is 0. The average molecular weight is 341 g/mol. The molecule has 2 heterocycles. The number of likely N-dealkylation sites (N-methyl/N-ethyl adjacent to an activating group) is 1. The number of carbonyl (C=O) groups is 1. The molecule has 0 unspecified atom stereocenters. The van der Waals surface area contributed by atoms with Crippen LogP contribution in [0, 0.1) is 6.92 Å². The molecular weight excluding hydrogens is 314 g/mol. The summed E-state index contributed by atoms with van der Waals surface area (Å²) < 4.78 is 1.76. The maximum Gasteiger partial charge on any atom is 0.323 e. The van der Waals surface area contributed by atoms with E-state index in [1.807, 2.05) is 37.1 Å². The van der Waals surface area contributed by atoms with Crippen LogP contribution in [0.5, 0.6) is 0 Å². The number of hydrogen-bond acceptors (Lipinski definition) is 3. The van der Waals surface area contributed by atoms with Crippen molar-refractivity contribution in [1.29, 1.82) is 0 Å². The molecule has 1 atom stereocenters. The molecular formula is C19H27N5O. The van der Waals surface area contributed by atoms with Crippen molar-refractivity contribution in [3.8, 4) is 0 Å². The summed E-state index contributed by atoms with van der Waals surface area (Å²) in [5.74, 6) is 0.785. The Morgan fingerprint density at radius 1 is 1.24 bits per heavy atom. The lowest BCUT2D eigenvalue weighted by Gasteiger charge is -2.40. The number of anilines is 1. The molecule has 1 N–H and O–H groups in total. The highest BCUT2D eigenvalue weighted by atomic mass is 16.2. The summed E-state index contributed by atoms with van der Waals surface area (Å²) in [6, 6.07) is 10.2. The largest absolute Gasteiger partial charge is 0.323 e. The van der Waals surface area contributed by atoms with Gasteiger partial charge in [0.05, 0.1) is 11.7 Å². The zero-order valence-corrected chi connectivity index (χ0v) is 15.5. The van der Waals surface area contributed by atoms with Crippen molar-refractivity contribution in [2.45, 2.75) is 26.3 Å². The Balaban J connectivity index is 1.83. The van der Waals surface area contributed by atoms with Crippen LogP contribution in [0.3, 0.4) is 0 Å². The Morgan fingerprint density at radius 2 is 1.96 bits per heavy atom. The van der Waals surface area contributed by atoms with Gasteiger partial charge in [-0.15, -0.1) is 0 Å². The van der Waals surface area contributed by atoms with Crippen molar-refractivity contribution in [2.24, 2.45) is 7.05 Å². The zero-order valence-electron chi connectivity index (χ0n) is 15.5. The maximum atomic E-state index is 13.0. The molecule has 0 bridgehead atoms. The van der Waals surface area contributed by atoms with Crippen LogP contribution >= 0.6 is 0 Å². The van der Waals surface area contributed by atoms with E-state index >= 15 is 0 Å². The van der Waals surface area contributed by atoms with E-state index in [0.717, 1.165) is 36.6 Å². The molecule has 134 valence electrons. The molecule has 0 saturated carbocycles. The van der Waals surface area contributed by atoms with Gasteiger partial charge in [-0.05, 0) is 26.0 Å². The van der Waals surface area contributed by atoms with Gasteiger partial charge in [0.25, 0.3) is 0 Å². The third-order valence-corrected chi connectivity index (χ3v) is 4.97. The number of aromatic nitrogens is 2. The second-order valence-corrected chi connectivity index (χ2v) is 6.71. The standard InChI is InChI=1S/C19H27N5O/c1-5-16-14(2)18(23(4)21-16)20-19(25)24-12-11-22(3)13-17(24)15-9-7-6-8-10-15/h6-10,17H,5,11-13H2,1-4H3,(H,20,25)/t17-/m0/s1. The molecule has 1 fully saturated rings. The maximum absolute atomic E-state index is 13.0. The van der Waals surface area contributed by atoms with Crippen LogP contribution in [0.2, 0.25) is 0 Å². The average Bonchev–Trinajstić information content (AvgIpc) is 2.89. The zero-order chi connectivity index (χ0) is 18.0. The van der Waals surface area contributed by atoms with E-state index in [0.29, 0.717) is 6.54 Å². The Kier molecular flexibility index (Phi) is 5.08. The van der Waals surface area contributed by atoms with Gasteiger partial charge in [-0.25, -0.2) is 4.79 Å². The first kappa shape index (κ1) is 17.5. The summed E-state index contributed by atoms with van der Waals surface area (Å²) in [6.07, 6.45) is 0.858. The van der Waals surface area contributed by atoms with Gasteiger partial charge >= 0.3 is 6.03 Å². The van der Waals surface area contributed by atoms with Crippen LogP contribution in [-0.2, 0) is 13.5 Å². The molecule has 2 aromatic rings. The molecule has 0 aliphatic carbocycles. The van der Waals surface area contributed by atoms with Crippen LogP contribution in [0.4, 0.5) is 10.6 Å². The van der Waals surface area contributed by atoms with Crippen molar-refractivity contribution in [1.82, 2.24) is 19.6 Å². The summed E-state index contributed by atoms with van der Waals surface area (Å²) in [4.78, 5) is 17.2. The number of hydrogen-bond donors (Lipinski definition) is 1. The third-order valence-electron chi connectivity index (χ3n) is 4.97. The number of rotatable bonds is 3. The van der Waals surface area contributed by atoms with Crippen LogP contribution in [0.25, 0.3) is 0 Å². The highest BCUT2D eigenvalue weighted by Gasteiger charge is 2.31. The Morgan fingerprint density at radius 3 is 2.60 bits per heavy atom. The molecule has 2 amide bonds. The summed E-state index contributed by atoms with van der Waals surface area (Å²) in [5.41, 5.74) is 3.24. The molecule has 25 heavy (non-hydrogen) atoms. The predicted molar refractivity (Wildman–Crippen MR) is 99.7 cm³/mol. The molecule has 6 heteroatoms. The molecule has 1 aromatic heterocycles. The highest BCUT2D eigenvalue weighted by Crippen LogP contribution is 2.26. The monoisotopic (exact) mass is 341 g/mol. The topological polar surface area (TPSA) is 53.4 Å². The van der Waals surface area contributed by atoms with Gasteiger partial charge in [0, 0.05) is 32.2 Å². The Hall–Kier alpha value is -2.34. The number of urea groups is 1. The highest BCUT2D eigenvalue weighted by molar-refractivity contribution is 5.89. The first-order valence-electron chi connectivity index (χ1n) is 8.84. The Bertz CT molecular complexity index is 740. The first-order valence-corrected chi connectivity index (χ1v) is 8.84. The van der Waals surface area contributed by atoms with Crippen LogP contribution in [0.15, 0.2) is 30.3 Å². The summed E-state index contributed by atoms with van der Waals surface area (Å²) in [6.45, 7) is 6.51. The quantitative estimate of drug-likeness (QED) is 0.934. The molecule has 1 aromatic carbocycles. The van der Waals surface area contributed by atoms with Gasteiger partial charge in [-0.3, -0.25) is 10.00 Å². The number of aryl methyl sites for hydroxylation is 2. The minimum atomic E-state index is -0.0595. The number of nitrogens with one attached hydrogen (secondary N) is 1. The van der Waals surface area contributed by atoms with Crippen molar-refractivity contribution in [2.75, 3.05) is 32.0 Å². The molecule has 6 nitrogen and oxygen atoms in total. The first-order chi connectivity index (χ1) is 12.0. The fourth-order valence-corrected chi connectivity index (χ4v) is 3.49. The van der Waals surface area contributed by atoms with Crippen molar-refractivity contribution >= 4 is 11.8 Å². The normalized spacial score (nSPS) is 18.4. The van der Waals surface area contributed by atoms with E-state index in [1.54, 1.807) is 4.68 Å². The molecule has 0 radical (unpaired) electrons. The van der Waals surface area contributed by atoms with Gasteiger partial charge in [-0.1, -0.05) is 37.3 Å². The van der Waals surface area contributed by atoms with Gasteiger partial charge in [0.2, 0.25) is 0 Å². The second kappa shape index (κ2) is 7.27.